The number of aliphatic hydroxyl groups excluding tert-OH is 1. The third kappa shape index (κ3) is 2.49. The summed E-state index contributed by atoms with van der Waals surface area (Å²) in [4.78, 5) is 0. The molecule has 0 amide bonds. The van der Waals surface area contributed by atoms with E-state index in [0.29, 0.717) is 29.1 Å². The minimum atomic E-state index is -0.315. The maximum absolute atomic E-state index is 13.7. The number of furan rings is 1. The third-order valence-electron chi connectivity index (χ3n) is 4.02. The Morgan fingerprint density at radius 3 is 2.71 bits per heavy atom. The molecule has 2 aromatic carbocycles. The van der Waals surface area contributed by atoms with Crippen molar-refractivity contribution in [3.63, 3.8) is 0 Å². The summed E-state index contributed by atoms with van der Waals surface area (Å²) in [5.74, 6) is 0.200. The van der Waals surface area contributed by atoms with Gasteiger partial charge in [-0.15, -0.1) is 0 Å². The lowest BCUT2D eigenvalue weighted by Gasteiger charge is -2.03. The smallest absolute Gasteiger partial charge is 0.160 e. The molecule has 5 heteroatoms. The van der Waals surface area contributed by atoms with Gasteiger partial charge in [0.15, 0.2) is 5.76 Å². The largest absolute Gasteiger partial charge is 0.462 e. The number of benzene rings is 2. The molecule has 0 saturated carbocycles. The maximum Gasteiger partial charge on any atom is 0.160 e. The number of halogens is 1. The molecule has 24 heavy (non-hydrogen) atoms. The van der Waals surface area contributed by atoms with E-state index in [1.807, 2.05) is 30.3 Å². The van der Waals surface area contributed by atoms with Crippen molar-refractivity contribution in [2.24, 2.45) is 0 Å². The SMILES string of the molecule is OCc1ccoc1-c1nn(Cc2ccccc2)c2cc(F)ccc12. The van der Waals surface area contributed by atoms with Crippen LogP contribution in [0, 0.1) is 5.82 Å². The normalized spacial score (nSPS) is 11.2. The van der Waals surface area contributed by atoms with Crippen LogP contribution >= 0.6 is 0 Å². The van der Waals surface area contributed by atoms with E-state index in [2.05, 4.69) is 5.10 Å². The Morgan fingerprint density at radius 2 is 1.92 bits per heavy atom. The molecule has 4 rings (SSSR count). The summed E-state index contributed by atoms with van der Waals surface area (Å²) in [6.07, 6.45) is 1.52. The van der Waals surface area contributed by atoms with Gasteiger partial charge in [-0.2, -0.15) is 5.10 Å². The second kappa shape index (κ2) is 5.94. The lowest BCUT2D eigenvalue weighted by molar-refractivity contribution is 0.281. The van der Waals surface area contributed by atoms with Gasteiger partial charge in [-0.3, -0.25) is 4.68 Å². The number of aliphatic hydroxyl groups is 1. The average Bonchev–Trinajstić information content (AvgIpc) is 3.20. The summed E-state index contributed by atoms with van der Waals surface area (Å²) in [6, 6.07) is 16.1. The Kier molecular flexibility index (Phi) is 3.63. The monoisotopic (exact) mass is 322 g/mol. The first kappa shape index (κ1) is 14.7. The highest BCUT2D eigenvalue weighted by Gasteiger charge is 2.18. The van der Waals surface area contributed by atoms with Crippen LogP contribution in [0.25, 0.3) is 22.4 Å². The van der Waals surface area contributed by atoms with Crippen LogP contribution in [0.3, 0.4) is 0 Å². The van der Waals surface area contributed by atoms with Gasteiger partial charge >= 0.3 is 0 Å². The van der Waals surface area contributed by atoms with E-state index in [0.717, 1.165) is 10.9 Å². The highest BCUT2D eigenvalue weighted by Crippen LogP contribution is 2.32. The molecule has 0 aliphatic rings. The molecule has 0 aliphatic carbocycles. The van der Waals surface area contributed by atoms with Crippen molar-refractivity contribution in [2.45, 2.75) is 13.2 Å². The third-order valence-corrected chi connectivity index (χ3v) is 4.02. The average molecular weight is 322 g/mol. The molecule has 0 spiro atoms. The van der Waals surface area contributed by atoms with Crippen molar-refractivity contribution >= 4 is 10.9 Å². The molecule has 0 saturated heterocycles. The summed E-state index contributed by atoms with van der Waals surface area (Å²) in [6.45, 7) is 0.385. The lowest BCUT2D eigenvalue weighted by Crippen LogP contribution is -2.01. The first-order chi connectivity index (χ1) is 11.8. The van der Waals surface area contributed by atoms with Crippen LogP contribution in [-0.2, 0) is 13.2 Å². The van der Waals surface area contributed by atoms with E-state index in [1.165, 1.54) is 18.4 Å². The van der Waals surface area contributed by atoms with Crippen molar-refractivity contribution in [3.05, 3.63) is 77.8 Å². The van der Waals surface area contributed by atoms with Gasteiger partial charge in [-0.1, -0.05) is 30.3 Å². The summed E-state index contributed by atoms with van der Waals surface area (Å²) < 4.78 is 21.0. The molecule has 1 N–H and O–H groups in total. The van der Waals surface area contributed by atoms with Crippen molar-refractivity contribution in [1.82, 2.24) is 9.78 Å². The Labute approximate surface area is 137 Å². The standard InChI is InChI=1S/C19H15FN2O2/c20-15-6-7-16-17(10-15)22(11-13-4-2-1-3-5-13)21-18(16)19-14(12-23)8-9-24-19/h1-10,23H,11-12H2. The Hall–Kier alpha value is -2.92. The van der Waals surface area contributed by atoms with E-state index in [9.17, 15) is 9.50 Å². The fourth-order valence-corrected chi connectivity index (χ4v) is 2.86. The number of fused-ring (bicyclic) bond motifs is 1. The number of hydrogen-bond donors (Lipinski definition) is 1. The maximum atomic E-state index is 13.7. The zero-order valence-electron chi connectivity index (χ0n) is 12.8. The van der Waals surface area contributed by atoms with Crippen LogP contribution in [0.2, 0.25) is 0 Å². The molecule has 120 valence electrons. The van der Waals surface area contributed by atoms with Gasteiger partial charge in [0, 0.05) is 10.9 Å². The van der Waals surface area contributed by atoms with Crippen LogP contribution in [0.4, 0.5) is 4.39 Å². The predicted octanol–water partition coefficient (Wildman–Crippen LogP) is 3.98. The van der Waals surface area contributed by atoms with Crippen LogP contribution in [-0.4, -0.2) is 14.9 Å². The van der Waals surface area contributed by atoms with Crippen LogP contribution in [0.15, 0.2) is 65.3 Å². The van der Waals surface area contributed by atoms with Crippen LogP contribution in [0.5, 0.6) is 0 Å². The van der Waals surface area contributed by atoms with Crippen molar-refractivity contribution in [2.75, 3.05) is 0 Å². The van der Waals surface area contributed by atoms with E-state index >= 15 is 0 Å². The molecule has 4 nitrogen and oxygen atoms in total. The van der Waals surface area contributed by atoms with E-state index in [-0.39, 0.29) is 12.4 Å². The van der Waals surface area contributed by atoms with Crippen molar-refractivity contribution < 1.29 is 13.9 Å². The number of rotatable bonds is 4. The zero-order chi connectivity index (χ0) is 16.5. The van der Waals surface area contributed by atoms with Crippen LogP contribution in [0.1, 0.15) is 11.1 Å². The summed E-state index contributed by atoms with van der Waals surface area (Å²) in [7, 11) is 0. The molecular weight excluding hydrogens is 307 g/mol. The summed E-state index contributed by atoms with van der Waals surface area (Å²) in [5, 5.41) is 14.9. The molecule has 0 unspecified atom stereocenters. The molecule has 4 aromatic rings. The number of hydrogen-bond acceptors (Lipinski definition) is 3. The number of nitrogens with zero attached hydrogens (tertiary/aromatic N) is 2. The van der Waals surface area contributed by atoms with Gasteiger partial charge in [0.2, 0.25) is 0 Å². The van der Waals surface area contributed by atoms with Gasteiger partial charge in [-0.05, 0) is 29.8 Å². The minimum Gasteiger partial charge on any atom is -0.462 e. The topological polar surface area (TPSA) is 51.2 Å². The van der Waals surface area contributed by atoms with Gasteiger partial charge < -0.3 is 9.52 Å². The van der Waals surface area contributed by atoms with E-state index in [1.54, 1.807) is 16.8 Å². The fraction of sp³-hybridized carbons (Fsp3) is 0.105. The molecule has 2 aromatic heterocycles. The van der Waals surface area contributed by atoms with Crippen molar-refractivity contribution in [3.8, 4) is 11.5 Å². The quantitative estimate of drug-likeness (QED) is 0.618. The van der Waals surface area contributed by atoms with Gasteiger partial charge in [0.05, 0.1) is 24.9 Å². The summed E-state index contributed by atoms with van der Waals surface area (Å²) in [5.41, 5.74) is 3.02. The minimum absolute atomic E-state index is 0.139. The van der Waals surface area contributed by atoms with Gasteiger partial charge in [0.1, 0.15) is 11.5 Å². The molecule has 0 bridgehead atoms. The lowest BCUT2D eigenvalue weighted by atomic mass is 10.1. The van der Waals surface area contributed by atoms with Crippen molar-refractivity contribution in [1.29, 1.82) is 0 Å². The second-order valence-corrected chi connectivity index (χ2v) is 5.59. The Balaban J connectivity index is 1.89. The fourth-order valence-electron chi connectivity index (χ4n) is 2.86. The first-order valence-electron chi connectivity index (χ1n) is 7.64. The highest BCUT2D eigenvalue weighted by atomic mass is 19.1. The molecule has 2 heterocycles. The molecular formula is C19H15FN2O2. The van der Waals surface area contributed by atoms with E-state index in [4.69, 9.17) is 4.42 Å². The first-order valence-corrected chi connectivity index (χ1v) is 7.64. The van der Waals surface area contributed by atoms with Gasteiger partial charge in [0.25, 0.3) is 0 Å². The van der Waals surface area contributed by atoms with E-state index < -0.39 is 0 Å². The van der Waals surface area contributed by atoms with Crippen LogP contribution < -0.4 is 0 Å². The molecule has 0 aliphatic heterocycles. The molecule has 0 atom stereocenters. The molecule has 0 radical (unpaired) electrons. The second-order valence-electron chi connectivity index (χ2n) is 5.59. The summed E-state index contributed by atoms with van der Waals surface area (Å²) >= 11 is 0. The van der Waals surface area contributed by atoms with Gasteiger partial charge in [-0.25, -0.2) is 4.39 Å². The zero-order valence-corrected chi connectivity index (χ0v) is 12.8. The number of aromatic nitrogens is 2. The Morgan fingerprint density at radius 1 is 1.08 bits per heavy atom. The highest BCUT2D eigenvalue weighted by molar-refractivity contribution is 5.92. The Bertz CT molecular complexity index is 989. The molecule has 0 fully saturated rings. The predicted molar refractivity (Wildman–Crippen MR) is 88.9 cm³/mol.